The van der Waals surface area contributed by atoms with Crippen LogP contribution in [-0.4, -0.2) is 31.4 Å². The normalized spacial score (nSPS) is 15.4. The zero-order chi connectivity index (χ0) is 16.9. The van der Waals surface area contributed by atoms with Crippen LogP contribution in [-0.2, 0) is 4.79 Å². The van der Waals surface area contributed by atoms with E-state index in [4.69, 9.17) is 11.6 Å². The highest BCUT2D eigenvalue weighted by atomic mass is 35.5. The van der Waals surface area contributed by atoms with Crippen LogP contribution >= 0.6 is 23.4 Å². The highest BCUT2D eigenvalue weighted by molar-refractivity contribution is 7.99. The Labute approximate surface area is 150 Å². The predicted molar refractivity (Wildman–Crippen MR) is 95.5 cm³/mol. The third kappa shape index (κ3) is 4.08. The van der Waals surface area contributed by atoms with Crippen molar-refractivity contribution in [1.29, 1.82) is 0 Å². The van der Waals surface area contributed by atoms with Gasteiger partial charge in [0.15, 0.2) is 10.3 Å². The number of nitrogens with zero attached hydrogens (tertiary/aromatic N) is 4. The molecule has 1 N–H and O–H groups in total. The fourth-order valence-corrected chi connectivity index (χ4v) is 4.02. The van der Waals surface area contributed by atoms with Gasteiger partial charge >= 0.3 is 0 Å². The number of anilines is 1. The monoisotopic (exact) mass is 365 g/mol. The van der Waals surface area contributed by atoms with Gasteiger partial charge in [0.25, 0.3) is 0 Å². The maximum atomic E-state index is 12.2. The van der Waals surface area contributed by atoms with Crippen LogP contribution in [0.4, 0.5) is 5.69 Å². The summed E-state index contributed by atoms with van der Waals surface area (Å²) in [6.45, 7) is 1.97. The first kappa shape index (κ1) is 17.2. The first-order chi connectivity index (χ1) is 11.6. The second kappa shape index (κ2) is 7.98. The zero-order valence-corrected chi connectivity index (χ0v) is 15.1. The Kier molecular flexibility index (Phi) is 5.73. The van der Waals surface area contributed by atoms with Crippen molar-refractivity contribution in [2.45, 2.75) is 50.2 Å². The van der Waals surface area contributed by atoms with Crippen molar-refractivity contribution in [1.82, 2.24) is 19.7 Å². The Balaban J connectivity index is 1.62. The Morgan fingerprint density at radius 3 is 2.92 bits per heavy atom. The molecule has 0 spiro atoms. The number of aromatic nitrogens is 4. The van der Waals surface area contributed by atoms with Crippen molar-refractivity contribution in [3.63, 3.8) is 0 Å². The SMILES string of the molecule is Cc1nnc(SCC(=O)Nc2cccnc2Cl)n1C1CCCCC1. The minimum Gasteiger partial charge on any atom is -0.323 e. The van der Waals surface area contributed by atoms with Crippen molar-refractivity contribution >= 4 is 35.0 Å². The third-order valence-corrected chi connectivity index (χ3v) is 5.38. The average Bonchev–Trinajstić information content (AvgIpc) is 2.96. The molecule has 0 unspecified atom stereocenters. The lowest BCUT2D eigenvalue weighted by Gasteiger charge is -2.24. The molecule has 8 heteroatoms. The summed E-state index contributed by atoms with van der Waals surface area (Å²) in [5.74, 6) is 1.04. The van der Waals surface area contributed by atoms with Gasteiger partial charge in [0.2, 0.25) is 5.91 Å². The maximum absolute atomic E-state index is 12.2. The van der Waals surface area contributed by atoms with Crippen LogP contribution in [0.1, 0.15) is 44.0 Å². The van der Waals surface area contributed by atoms with E-state index in [2.05, 4.69) is 25.1 Å². The molecule has 128 valence electrons. The van der Waals surface area contributed by atoms with Crippen molar-refractivity contribution in [2.24, 2.45) is 0 Å². The van der Waals surface area contributed by atoms with Gasteiger partial charge in [-0.3, -0.25) is 4.79 Å². The average molecular weight is 366 g/mol. The second-order valence-electron chi connectivity index (χ2n) is 5.87. The van der Waals surface area contributed by atoms with E-state index in [0.717, 1.165) is 23.8 Å². The van der Waals surface area contributed by atoms with E-state index in [0.29, 0.717) is 11.7 Å². The first-order valence-electron chi connectivity index (χ1n) is 8.10. The molecule has 0 radical (unpaired) electrons. The van der Waals surface area contributed by atoms with E-state index >= 15 is 0 Å². The number of rotatable bonds is 5. The van der Waals surface area contributed by atoms with Crippen molar-refractivity contribution in [3.8, 4) is 0 Å². The van der Waals surface area contributed by atoms with E-state index in [-0.39, 0.29) is 16.8 Å². The molecular formula is C16H20ClN5OS. The molecular weight excluding hydrogens is 346 g/mol. The lowest BCUT2D eigenvalue weighted by atomic mass is 9.95. The molecule has 0 bridgehead atoms. The second-order valence-corrected chi connectivity index (χ2v) is 7.17. The molecule has 1 saturated carbocycles. The molecule has 1 fully saturated rings. The molecule has 0 aromatic carbocycles. The van der Waals surface area contributed by atoms with Crippen LogP contribution in [0, 0.1) is 6.92 Å². The van der Waals surface area contributed by atoms with E-state index < -0.39 is 0 Å². The number of thioether (sulfide) groups is 1. The molecule has 2 aromatic rings. The number of hydrogen-bond donors (Lipinski definition) is 1. The Morgan fingerprint density at radius 2 is 2.17 bits per heavy atom. The van der Waals surface area contributed by atoms with Crippen LogP contribution in [0.3, 0.4) is 0 Å². The lowest BCUT2D eigenvalue weighted by Crippen LogP contribution is -2.17. The summed E-state index contributed by atoms with van der Waals surface area (Å²) >= 11 is 7.37. The molecule has 2 heterocycles. The van der Waals surface area contributed by atoms with Gasteiger partial charge in [-0.15, -0.1) is 10.2 Å². The molecule has 0 aliphatic heterocycles. The highest BCUT2D eigenvalue weighted by Gasteiger charge is 2.21. The van der Waals surface area contributed by atoms with Crippen LogP contribution in [0.5, 0.6) is 0 Å². The minimum absolute atomic E-state index is 0.134. The zero-order valence-electron chi connectivity index (χ0n) is 13.5. The summed E-state index contributed by atoms with van der Waals surface area (Å²) in [5.41, 5.74) is 0.523. The Bertz CT molecular complexity index is 714. The van der Waals surface area contributed by atoms with E-state index in [1.54, 1.807) is 18.3 Å². The van der Waals surface area contributed by atoms with Crippen molar-refractivity contribution in [2.75, 3.05) is 11.1 Å². The summed E-state index contributed by atoms with van der Waals surface area (Å²) < 4.78 is 2.19. The van der Waals surface area contributed by atoms with E-state index in [1.807, 2.05) is 6.92 Å². The number of halogens is 1. The van der Waals surface area contributed by atoms with Gasteiger partial charge in [0.1, 0.15) is 5.82 Å². The summed E-state index contributed by atoms with van der Waals surface area (Å²) in [5, 5.41) is 12.3. The number of hydrogen-bond acceptors (Lipinski definition) is 5. The predicted octanol–water partition coefficient (Wildman–Crippen LogP) is 3.87. The fraction of sp³-hybridized carbons (Fsp3) is 0.500. The molecule has 2 aromatic heterocycles. The fourth-order valence-electron chi connectivity index (χ4n) is 3.00. The Morgan fingerprint density at radius 1 is 1.38 bits per heavy atom. The number of amides is 1. The van der Waals surface area contributed by atoms with E-state index in [1.165, 1.54) is 31.0 Å². The summed E-state index contributed by atoms with van der Waals surface area (Å²) in [6.07, 6.45) is 7.68. The minimum atomic E-state index is -0.134. The molecule has 1 aliphatic carbocycles. The van der Waals surface area contributed by atoms with Gasteiger partial charge in [-0.1, -0.05) is 42.6 Å². The largest absolute Gasteiger partial charge is 0.323 e. The summed E-state index contributed by atoms with van der Waals surface area (Å²) in [7, 11) is 0. The van der Waals surface area contributed by atoms with Crippen LogP contribution in [0.15, 0.2) is 23.5 Å². The summed E-state index contributed by atoms with van der Waals surface area (Å²) in [6, 6.07) is 3.91. The third-order valence-electron chi connectivity index (χ3n) is 4.14. The topological polar surface area (TPSA) is 72.7 Å². The number of carbonyl (C=O) groups excluding carboxylic acids is 1. The maximum Gasteiger partial charge on any atom is 0.234 e. The number of aryl methyl sites for hydroxylation is 1. The van der Waals surface area contributed by atoms with Gasteiger partial charge < -0.3 is 9.88 Å². The molecule has 24 heavy (non-hydrogen) atoms. The van der Waals surface area contributed by atoms with Crippen molar-refractivity contribution in [3.05, 3.63) is 29.3 Å². The number of pyridine rings is 1. The van der Waals surface area contributed by atoms with Gasteiger partial charge in [0.05, 0.1) is 11.4 Å². The molecule has 6 nitrogen and oxygen atoms in total. The van der Waals surface area contributed by atoms with Gasteiger partial charge in [-0.2, -0.15) is 0 Å². The summed E-state index contributed by atoms with van der Waals surface area (Å²) in [4.78, 5) is 16.1. The van der Waals surface area contributed by atoms with Crippen molar-refractivity contribution < 1.29 is 4.79 Å². The van der Waals surface area contributed by atoms with Gasteiger partial charge in [-0.05, 0) is 31.9 Å². The highest BCUT2D eigenvalue weighted by Crippen LogP contribution is 2.32. The van der Waals surface area contributed by atoms with Gasteiger partial charge in [0, 0.05) is 12.2 Å². The van der Waals surface area contributed by atoms with Gasteiger partial charge in [-0.25, -0.2) is 4.98 Å². The molecule has 0 atom stereocenters. The quantitative estimate of drug-likeness (QED) is 0.643. The number of nitrogens with one attached hydrogen (secondary N) is 1. The van der Waals surface area contributed by atoms with Crippen LogP contribution in [0.2, 0.25) is 5.15 Å². The Hall–Kier alpha value is -1.60. The lowest BCUT2D eigenvalue weighted by molar-refractivity contribution is -0.113. The van der Waals surface area contributed by atoms with Crippen LogP contribution < -0.4 is 5.32 Å². The van der Waals surface area contributed by atoms with E-state index in [9.17, 15) is 4.79 Å². The standard InChI is InChI=1S/C16H20ClN5OS/c1-11-20-21-16(22(11)12-6-3-2-4-7-12)24-10-14(23)19-13-8-5-9-18-15(13)17/h5,8-9,12H,2-4,6-7,10H2,1H3,(H,19,23). The molecule has 0 saturated heterocycles. The smallest absolute Gasteiger partial charge is 0.234 e. The van der Waals surface area contributed by atoms with Crippen LogP contribution in [0.25, 0.3) is 0 Å². The molecule has 1 aliphatic rings. The molecule has 1 amide bonds. The number of carbonyl (C=O) groups is 1. The first-order valence-corrected chi connectivity index (χ1v) is 9.46. The molecule has 3 rings (SSSR count).